The largest absolute Gasteiger partial charge is 0.468 e. The quantitative estimate of drug-likeness (QED) is 0.710. The third kappa shape index (κ3) is 4.23. The van der Waals surface area contributed by atoms with Crippen LogP contribution in [-0.4, -0.2) is 31.7 Å². The minimum atomic E-state index is -4.41. The van der Waals surface area contributed by atoms with Crippen LogP contribution in [0.4, 0.5) is 18.3 Å². The van der Waals surface area contributed by atoms with E-state index in [1.807, 2.05) is 0 Å². The minimum absolute atomic E-state index is 0.00150. The molecule has 23 heavy (non-hydrogen) atoms. The normalized spacial score (nSPS) is 11.4. The Morgan fingerprint density at radius 3 is 2.74 bits per heavy atom. The molecular formula is C14H12BrF3N2O2S. The minimum Gasteiger partial charge on any atom is -0.468 e. The number of rotatable bonds is 4. The second-order valence-electron chi connectivity index (χ2n) is 4.63. The number of methoxy groups -OCH3 is 1. The van der Waals surface area contributed by atoms with E-state index in [-0.39, 0.29) is 6.54 Å². The van der Waals surface area contributed by atoms with E-state index in [0.29, 0.717) is 20.2 Å². The molecule has 0 radical (unpaired) electrons. The third-order valence-corrected chi connectivity index (χ3v) is 4.78. The molecule has 9 heteroatoms. The van der Waals surface area contributed by atoms with Crippen LogP contribution in [-0.2, 0) is 15.7 Å². The number of esters is 1. The molecule has 0 atom stereocenters. The highest BCUT2D eigenvalue weighted by atomic mass is 79.9. The van der Waals surface area contributed by atoms with Gasteiger partial charge in [-0.25, -0.2) is 4.98 Å². The standard InChI is InChI=1S/C14H12BrF3N2O2S/c1-20(7-10(21)22-2)13-19-11(12(15)23-13)8-4-3-5-9(6-8)14(16,17)18/h3-6H,7H2,1-2H3. The van der Waals surface area contributed by atoms with Gasteiger partial charge in [0.2, 0.25) is 0 Å². The fourth-order valence-corrected chi connectivity index (χ4v) is 3.33. The third-order valence-electron chi connectivity index (χ3n) is 2.96. The maximum absolute atomic E-state index is 12.8. The molecule has 1 aromatic heterocycles. The number of hydrogen-bond donors (Lipinski definition) is 0. The van der Waals surface area contributed by atoms with Gasteiger partial charge in [-0.15, -0.1) is 0 Å². The molecular weight excluding hydrogens is 397 g/mol. The van der Waals surface area contributed by atoms with E-state index in [9.17, 15) is 18.0 Å². The van der Waals surface area contributed by atoms with Gasteiger partial charge in [0.1, 0.15) is 6.54 Å². The Balaban J connectivity index is 2.33. The number of alkyl halides is 3. The predicted octanol–water partition coefficient (Wildman–Crippen LogP) is 4.20. The molecule has 0 N–H and O–H groups in total. The summed E-state index contributed by atoms with van der Waals surface area (Å²) in [5, 5.41) is 0.495. The highest BCUT2D eigenvalue weighted by Gasteiger charge is 2.30. The van der Waals surface area contributed by atoms with Crippen molar-refractivity contribution in [2.75, 3.05) is 25.6 Å². The Kier molecular flexibility index (Phi) is 5.30. The highest BCUT2D eigenvalue weighted by Crippen LogP contribution is 2.38. The van der Waals surface area contributed by atoms with Crippen LogP contribution in [0.2, 0.25) is 0 Å². The molecule has 0 saturated carbocycles. The van der Waals surface area contributed by atoms with Crippen molar-refractivity contribution in [3.63, 3.8) is 0 Å². The van der Waals surface area contributed by atoms with Gasteiger partial charge in [0, 0.05) is 12.6 Å². The molecule has 0 spiro atoms. The molecule has 0 aliphatic carbocycles. The first-order chi connectivity index (χ1) is 10.7. The molecule has 1 aromatic carbocycles. The van der Waals surface area contributed by atoms with E-state index in [4.69, 9.17) is 0 Å². The second kappa shape index (κ2) is 6.88. The lowest BCUT2D eigenvalue weighted by molar-refractivity contribution is -0.139. The molecule has 2 aromatic rings. The summed E-state index contributed by atoms with van der Waals surface area (Å²) in [7, 11) is 2.93. The molecule has 0 bridgehead atoms. The summed E-state index contributed by atoms with van der Waals surface area (Å²) in [6.45, 7) is -0.00150. The van der Waals surface area contributed by atoms with Crippen LogP contribution in [0.25, 0.3) is 11.3 Å². The first kappa shape index (κ1) is 17.7. The number of thiazole rings is 1. The van der Waals surface area contributed by atoms with Crippen molar-refractivity contribution in [2.45, 2.75) is 6.18 Å². The molecule has 0 amide bonds. The smallest absolute Gasteiger partial charge is 0.416 e. The summed E-state index contributed by atoms with van der Waals surface area (Å²) in [6.07, 6.45) is -4.41. The Labute approximate surface area is 143 Å². The average Bonchev–Trinajstić information content (AvgIpc) is 2.88. The maximum Gasteiger partial charge on any atom is 0.416 e. The van der Waals surface area contributed by atoms with Crippen LogP contribution in [0.3, 0.4) is 0 Å². The molecule has 2 rings (SSSR count). The number of nitrogens with zero attached hydrogens (tertiary/aromatic N) is 2. The van der Waals surface area contributed by atoms with Crippen molar-refractivity contribution in [3.05, 3.63) is 33.6 Å². The van der Waals surface area contributed by atoms with Crippen LogP contribution in [0.15, 0.2) is 28.1 Å². The van der Waals surface area contributed by atoms with Crippen molar-refractivity contribution in [1.82, 2.24) is 4.98 Å². The van der Waals surface area contributed by atoms with Gasteiger partial charge in [-0.3, -0.25) is 4.79 Å². The summed E-state index contributed by atoms with van der Waals surface area (Å²) < 4.78 is 43.6. The molecule has 4 nitrogen and oxygen atoms in total. The fraction of sp³-hybridized carbons (Fsp3) is 0.286. The zero-order valence-electron chi connectivity index (χ0n) is 12.1. The Morgan fingerprint density at radius 2 is 2.13 bits per heavy atom. The number of carbonyl (C=O) groups excluding carboxylic acids is 1. The Morgan fingerprint density at radius 1 is 1.43 bits per heavy atom. The van der Waals surface area contributed by atoms with Crippen LogP contribution >= 0.6 is 27.3 Å². The van der Waals surface area contributed by atoms with Crippen LogP contribution in [0.1, 0.15) is 5.56 Å². The lowest BCUT2D eigenvalue weighted by Crippen LogP contribution is -2.26. The SMILES string of the molecule is COC(=O)CN(C)c1nc(-c2cccc(C(F)(F)F)c2)c(Br)s1. The second-order valence-corrected chi connectivity index (χ2v) is 6.92. The van der Waals surface area contributed by atoms with Crippen molar-refractivity contribution in [2.24, 2.45) is 0 Å². The predicted molar refractivity (Wildman–Crippen MR) is 85.5 cm³/mol. The lowest BCUT2D eigenvalue weighted by atomic mass is 10.1. The van der Waals surface area contributed by atoms with Crippen LogP contribution < -0.4 is 4.90 Å². The van der Waals surface area contributed by atoms with E-state index >= 15 is 0 Å². The van der Waals surface area contributed by atoms with Gasteiger partial charge < -0.3 is 9.64 Å². The van der Waals surface area contributed by atoms with Gasteiger partial charge in [0.15, 0.2) is 5.13 Å². The number of hydrogen-bond acceptors (Lipinski definition) is 5. The van der Waals surface area contributed by atoms with Crippen molar-refractivity contribution >= 4 is 38.4 Å². The van der Waals surface area contributed by atoms with Crippen LogP contribution in [0.5, 0.6) is 0 Å². The number of aromatic nitrogens is 1. The van der Waals surface area contributed by atoms with Crippen molar-refractivity contribution < 1.29 is 22.7 Å². The maximum atomic E-state index is 12.8. The molecule has 0 unspecified atom stereocenters. The Hall–Kier alpha value is -1.61. The number of benzene rings is 1. The van der Waals surface area contributed by atoms with Crippen LogP contribution in [0, 0.1) is 0 Å². The molecule has 1 heterocycles. The zero-order chi connectivity index (χ0) is 17.2. The summed E-state index contributed by atoms with van der Waals surface area (Å²) in [5.41, 5.74) is 0.00727. The molecule has 0 aliphatic rings. The summed E-state index contributed by atoms with van der Waals surface area (Å²) in [6, 6.07) is 4.94. The number of halogens is 4. The fourth-order valence-electron chi connectivity index (χ4n) is 1.80. The van der Waals surface area contributed by atoms with E-state index in [2.05, 4.69) is 25.7 Å². The summed E-state index contributed by atoms with van der Waals surface area (Å²) in [4.78, 5) is 17.2. The van der Waals surface area contributed by atoms with E-state index < -0.39 is 17.7 Å². The molecule has 0 aliphatic heterocycles. The number of carbonyl (C=O) groups is 1. The summed E-state index contributed by atoms with van der Waals surface area (Å²) >= 11 is 4.54. The van der Waals surface area contributed by atoms with E-state index in [1.54, 1.807) is 18.0 Å². The number of ether oxygens (including phenoxy) is 1. The first-order valence-corrected chi connectivity index (χ1v) is 7.95. The van der Waals surface area contributed by atoms with E-state index in [1.165, 1.54) is 24.5 Å². The molecule has 0 saturated heterocycles. The summed E-state index contributed by atoms with van der Waals surface area (Å²) in [5.74, 6) is -0.431. The number of likely N-dealkylation sites (N-methyl/N-ethyl adjacent to an activating group) is 1. The zero-order valence-corrected chi connectivity index (χ0v) is 14.6. The Bertz CT molecular complexity index is 718. The van der Waals surface area contributed by atoms with Gasteiger partial charge in [-0.1, -0.05) is 23.5 Å². The van der Waals surface area contributed by atoms with Gasteiger partial charge in [-0.05, 0) is 28.1 Å². The van der Waals surface area contributed by atoms with Gasteiger partial charge >= 0.3 is 12.1 Å². The first-order valence-electron chi connectivity index (χ1n) is 6.34. The monoisotopic (exact) mass is 408 g/mol. The molecule has 124 valence electrons. The topological polar surface area (TPSA) is 42.4 Å². The van der Waals surface area contributed by atoms with Gasteiger partial charge in [0.05, 0.1) is 22.2 Å². The van der Waals surface area contributed by atoms with Crippen molar-refractivity contribution in [3.8, 4) is 11.3 Å². The van der Waals surface area contributed by atoms with Crippen molar-refractivity contribution in [1.29, 1.82) is 0 Å². The van der Waals surface area contributed by atoms with Gasteiger partial charge in [-0.2, -0.15) is 13.2 Å². The lowest BCUT2D eigenvalue weighted by Gasteiger charge is -2.13. The number of anilines is 1. The highest BCUT2D eigenvalue weighted by molar-refractivity contribution is 9.11. The average molecular weight is 409 g/mol. The van der Waals surface area contributed by atoms with E-state index in [0.717, 1.165) is 12.1 Å². The van der Waals surface area contributed by atoms with Gasteiger partial charge in [0.25, 0.3) is 0 Å². The molecule has 0 fully saturated rings.